The quantitative estimate of drug-likeness (QED) is 0.632. The number of benzene rings is 1. The highest BCUT2D eigenvalue weighted by Crippen LogP contribution is 2.09. The second-order valence-corrected chi connectivity index (χ2v) is 2.38. The molecule has 0 radical (unpaired) electrons. The number of aromatic amines is 1. The van der Waals surface area contributed by atoms with Gasteiger partial charge in [0.05, 0.1) is 11.7 Å². The molecule has 3 nitrogen and oxygen atoms in total. The van der Waals surface area contributed by atoms with Crippen molar-refractivity contribution in [3.8, 4) is 0 Å². The summed E-state index contributed by atoms with van der Waals surface area (Å²) in [5.41, 5.74) is 0.285. The minimum Gasteiger partial charge on any atom is -0.319 e. The first-order valence-electron chi connectivity index (χ1n) is 3.41. The van der Waals surface area contributed by atoms with E-state index in [2.05, 4.69) is 9.97 Å². The Morgan fingerprint density at radius 2 is 2.25 bits per heavy atom. The summed E-state index contributed by atoms with van der Waals surface area (Å²) in [5.74, 6) is -0.427. The van der Waals surface area contributed by atoms with Crippen LogP contribution in [0.3, 0.4) is 0 Å². The third kappa shape index (κ3) is 0.972. The van der Waals surface area contributed by atoms with Crippen molar-refractivity contribution >= 4 is 11.0 Å². The molecule has 2 aromatic rings. The van der Waals surface area contributed by atoms with E-state index in [9.17, 15) is 9.18 Å². The number of nitrogens with one attached hydrogen (secondary N) is 1. The molecule has 0 spiro atoms. The molecule has 0 atom stereocenters. The van der Waals surface area contributed by atoms with Crippen LogP contribution in [-0.2, 0) is 0 Å². The van der Waals surface area contributed by atoms with E-state index in [1.807, 2.05) is 0 Å². The minimum atomic E-state index is -0.427. The fourth-order valence-electron chi connectivity index (χ4n) is 1.04. The molecule has 0 aliphatic rings. The van der Waals surface area contributed by atoms with Gasteiger partial charge in [0.2, 0.25) is 0 Å². The fraction of sp³-hybridized carbons (Fsp3) is 0. The van der Waals surface area contributed by atoms with E-state index in [4.69, 9.17) is 0 Å². The van der Waals surface area contributed by atoms with Gasteiger partial charge in [0.15, 0.2) is 5.82 Å². The Morgan fingerprint density at radius 3 is 3.08 bits per heavy atom. The topological polar surface area (TPSA) is 45.8 Å². The lowest BCUT2D eigenvalue weighted by atomic mass is 10.3. The molecule has 0 unspecified atom stereocenters. The van der Waals surface area contributed by atoms with Crippen LogP contribution in [0.15, 0.2) is 29.2 Å². The molecule has 1 aromatic carbocycles. The van der Waals surface area contributed by atoms with Gasteiger partial charge in [0, 0.05) is 0 Å². The van der Waals surface area contributed by atoms with Crippen LogP contribution in [-0.4, -0.2) is 9.97 Å². The summed E-state index contributed by atoms with van der Waals surface area (Å²) in [5, 5.41) is 0. The minimum absolute atomic E-state index is 0.192. The Hall–Kier alpha value is -1.71. The predicted molar refractivity (Wildman–Crippen MR) is 42.3 cm³/mol. The van der Waals surface area contributed by atoms with Gasteiger partial charge in [-0.2, -0.15) is 0 Å². The fourth-order valence-corrected chi connectivity index (χ4v) is 1.04. The summed E-state index contributed by atoms with van der Waals surface area (Å²) in [4.78, 5) is 16.9. The van der Waals surface area contributed by atoms with Gasteiger partial charge in [0.1, 0.15) is 5.52 Å². The first-order chi connectivity index (χ1) is 5.77. The molecule has 0 saturated carbocycles. The molecule has 0 fully saturated rings. The van der Waals surface area contributed by atoms with Crippen molar-refractivity contribution in [2.75, 3.05) is 0 Å². The first kappa shape index (κ1) is 6.97. The van der Waals surface area contributed by atoms with Crippen molar-refractivity contribution in [3.05, 3.63) is 40.6 Å². The normalized spacial score (nSPS) is 10.4. The first-order valence-corrected chi connectivity index (χ1v) is 3.41. The van der Waals surface area contributed by atoms with Crippen molar-refractivity contribution in [3.63, 3.8) is 0 Å². The molecule has 60 valence electrons. The van der Waals surface area contributed by atoms with E-state index in [1.54, 1.807) is 6.07 Å². The molecule has 0 saturated heterocycles. The SMILES string of the molecule is O=c1cnc2c(F)cccc2[nH]1. The summed E-state index contributed by atoms with van der Waals surface area (Å²) in [7, 11) is 0. The Labute approximate surface area is 66.9 Å². The molecular formula is C8H5FN2O. The number of H-pyrrole nitrogens is 1. The van der Waals surface area contributed by atoms with Crippen LogP contribution < -0.4 is 5.56 Å². The highest BCUT2D eigenvalue weighted by molar-refractivity contribution is 5.73. The van der Waals surface area contributed by atoms with Gasteiger partial charge in [0.25, 0.3) is 5.56 Å². The zero-order chi connectivity index (χ0) is 8.55. The number of aromatic nitrogens is 2. The van der Waals surface area contributed by atoms with Gasteiger partial charge >= 0.3 is 0 Å². The van der Waals surface area contributed by atoms with Crippen LogP contribution in [0.4, 0.5) is 4.39 Å². The standard InChI is InChI=1S/C8H5FN2O/c9-5-2-1-3-6-8(5)10-4-7(12)11-6/h1-4H,(H,11,12). The van der Waals surface area contributed by atoms with Crippen molar-refractivity contribution in [1.29, 1.82) is 0 Å². The Bertz CT molecular complexity index is 478. The van der Waals surface area contributed by atoms with Gasteiger partial charge < -0.3 is 4.98 Å². The lowest BCUT2D eigenvalue weighted by Crippen LogP contribution is -2.05. The maximum absolute atomic E-state index is 12.9. The van der Waals surface area contributed by atoms with Gasteiger partial charge in [-0.25, -0.2) is 9.37 Å². The zero-order valence-electron chi connectivity index (χ0n) is 6.04. The molecule has 0 bridgehead atoms. The number of halogens is 1. The van der Waals surface area contributed by atoms with Crippen molar-refractivity contribution < 1.29 is 4.39 Å². The van der Waals surface area contributed by atoms with E-state index >= 15 is 0 Å². The smallest absolute Gasteiger partial charge is 0.266 e. The third-order valence-electron chi connectivity index (χ3n) is 1.56. The van der Waals surface area contributed by atoms with Crippen molar-refractivity contribution in [2.45, 2.75) is 0 Å². The lowest BCUT2D eigenvalue weighted by molar-refractivity contribution is 0.636. The predicted octanol–water partition coefficient (Wildman–Crippen LogP) is 1.06. The highest BCUT2D eigenvalue weighted by Gasteiger charge is 1.99. The number of rotatable bonds is 0. The number of hydrogen-bond donors (Lipinski definition) is 1. The van der Waals surface area contributed by atoms with Crippen LogP contribution in [0.1, 0.15) is 0 Å². The molecular weight excluding hydrogens is 159 g/mol. The van der Waals surface area contributed by atoms with Crippen molar-refractivity contribution in [1.82, 2.24) is 9.97 Å². The number of nitrogens with zero attached hydrogens (tertiary/aromatic N) is 1. The van der Waals surface area contributed by atoms with Gasteiger partial charge in [-0.05, 0) is 12.1 Å². The number of para-hydroxylation sites is 1. The maximum Gasteiger partial charge on any atom is 0.266 e. The van der Waals surface area contributed by atoms with E-state index in [0.29, 0.717) is 5.52 Å². The summed E-state index contributed by atoms with van der Waals surface area (Å²) in [6, 6.07) is 4.43. The largest absolute Gasteiger partial charge is 0.319 e. The molecule has 4 heteroatoms. The van der Waals surface area contributed by atoms with E-state index in [-0.39, 0.29) is 11.1 Å². The summed E-state index contributed by atoms with van der Waals surface area (Å²) < 4.78 is 12.9. The van der Waals surface area contributed by atoms with Crippen LogP contribution in [0, 0.1) is 5.82 Å². The molecule has 1 heterocycles. The average molecular weight is 164 g/mol. The molecule has 1 aromatic heterocycles. The van der Waals surface area contributed by atoms with Crippen LogP contribution in [0.5, 0.6) is 0 Å². The van der Waals surface area contributed by atoms with Crippen LogP contribution in [0.25, 0.3) is 11.0 Å². The summed E-state index contributed by atoms with van der Waals surface area (Å²) in [6.45, 7) is 0. The van der Waals surface area contributed by atoms with Gasteiger partial charge in [-0.3, -0.25) is 4.79 Å². The Morgan fingerprint density at radius 1 is 1.42 bits per heavy atom. The van der Waals surface area contributed by atoms with E-state index < -0.39 is 5.82 Å². The molecule has 0 aliphatic heterocycles. The van der Waals surface area contributed by atoms with Crippen molar-refractivity contribution in [2.24, 2.45) is 0 Å². The number of hydrogen-bond acceptors (Lipinski definition) is 2. The van der Waals surface area contributed by atoms with Gasteiger partial charge in [-0.15, -0.1) is 0 Å². The van der Waals surface area contributed by atoms with E-state index in [1.165, 1.54) is 12.1 Å². The molecule has 0 amide bonds. The second-order valence-electron chi connectivity index (χ2n) is 2.38. The van der Waals surface area contributed by atoms with Crippen LogP contribution in [0.2, 0.25) is 0 Å². The third-order valence-corrected chi connectivity index (χ3v) is 1.56. The van der Waals surface area contributed by atoms with Crippen LogP contribution >= 0.6 is 0 Å². The molecule has 12 heavy (non-hydrogen) atoms. The molecule has 2 rings (SSSR count). The monoisotopic (exact) mass is 164 g/mol. The van der Waals surface area contributed by atoms with E-state index in [0.717, 1.165) is 6.20 Å². The Kier molecular flexibility index (Phi) is 1.40. The molecule has 0 aliphatic carbocycles. The summed E-state index contributed by atoms with van der Waals surface area (Å²) >= 11 is 0. The lowest BCUT2D eigenvalue weighted by Gasteiger charge is -1.95. The maximum atomic E-state index is 12.9. The number of fused-ring (bicyclic) bond motifs is 1. The Balaban J connectivity index is 2.96. The molecule has 1 N–H and O–H groups in total. The summed E-state index contributed by atoms with van der Waals surface area (Å²) in [6.07, 6.45) is 1.06. The highest BCUT2D eigenvalue weighted by atomic mass is 19.1. The average Bonchev–Trinajstić information content (AvgIpc) is 2.04. The van der Waals surface area contributed by atoms with Gasteiger partial charge in [-0.1, -0.05) is 6.07 Å². The second kappa shape index (κ2) is 2.41. The zero-order valence-corrected chi connectivity index (χ0v) is 6.04.